The van der Waals surface area contributed by atoms with Gasteiger partial charge in [0.25, 0.3) is 0 Å². The fraction of sp³-hybridized carbons (Fsp3) is 0.176. The Morgan fingerprint density at radius 3 is 2.79 bits per heavy atom. The molecule has 0 aliphatic rings. The number of nitrogens with one attached hydrogen (secondary N) is 2. The fourth-order valence-electron chi connectivity index (χ4n) is 2.68. The standard InChI is InChI=1S/C17H16BF2N3O4S/c1-2-5-28(27)23-13-4-3-12(19)14(15(13)20)16(24)11-8-22-17-10(11)6-9(7-21-17)18(25)26/h3-4,6-8,23,25-26H,2,5H2,1H3,(H,21,22). The zero-order valence-electron chi connectivity index (χ0n) is 14.7. The summed E-state index contributed by atoms with van der Waals surface area (Å²) in [5, 5.41) is 18.7. The van der Waals surface area contributed by atoms with Crippen LogP contribution in [0.2, 0.25) is 0 Å². The molecule has 11 heteroatoms. The van der Waals surface area contributed by atoms with Crippen LogP contribution in [0.15, 0.2) is 30.6 Å². The minimum atomic E-state index is -1.82. The van der Waals surface area contributed by atoms with Crippen LogP contribution in [-0.2, 0) is 11.0 Å². The van der Waals surface area contributed by atoms with Crippen molar-refractivity contribution in [1.29, 1.82) is 0 Å². The van der Waals surface area contributed by atoms with Gasteiger partial charge in [-0.15, -0.1) is 0 Å². The van der Waals surface area contributed by atoms with Gasteiger partial charge in [0.05, 0.1) is 11.3 Å². The monoisotopic (exact) mass is 407 g/mol. The summed E-state index contributed by atoms with van der Waals surface area (Å²) in [4.78, 5) is 19.5. The van der Waals surface area contributed by atoms with E-state index in [0.29, 0.717) is 6.42 Å². The van der Waals surface area contributed by atoms with Crippen LogP contribution in [0.25, 0.3) is 11.0 Å². The minimum Gasteiger partial charge on any atom is -0.423 e. The lowest BCUT2D eigenvalue weighted by molar-refractivity contribution is 0.103. The highest BCUT2D eigenvalue weighted by atomic mass is 32.2. The van der Waals surface area contributed by atoms with Crippen LogP contribution in [0.4, 0.5) is 14.5 Å². The van der Waals surface area contributed by atoms with Crippen LogP contribution in [0.1, 0.15) is 29.3 Å². The van der Waals surface area contributed by atoms with Gasteiger partial charge in [-0.25, -0.2) is 18.0 Å². The van der Waals surface area contributed by atoms with Gasteiger partial charge in [0.2, 0.25) is 5.78 Å². The second-order valence-corrected chi connectivity index (χ2v) is 7.31. The Labute approximate surface area is 161 Å². The number of hydrogen-bond acceptors (Lipinski definition) is 5. The summed E-state index contributed by atoms with van der Waals surface area (Å²) < 4.78 is 43.4. The van der Waals surface area contributed by atoms with Gasteiger partial charge in [0.1, 0.15) is 22.5 Å². The molecule has 0 aliphatic carbocycles. The summed E-state index contributed by atoms with van der Waals surface area (Å²) in [6.07, 6.45) is 3.03. The Morgan fingerprint density at radius 2 is 2.11 bits per heavy atom. The van der Waals surface area contributed by atoms with Crippen molar-refractivity contribution < 1.29 is 27.8 Å². The first-order valence-corrected chi connectivity index (χ1v) is 9.66. The molecule has 28 heavy (non-hydrogen) atoms. The lowest BCUT2D eigenvalue weighted by atomic mass is 9.81. The number of pyridine rings is 1. The Bertz CT molecular complexity index is 1070. The smallest absolute Gasteiger partial charge is 0.423 e. The van der Waals surface area contributed by atoms with Crippen molar-refractivity contribution >= 4 is 46.1 Å². The molecule has 146 valence electrons. The van der Waals surface area contributed by atoms with E-state index in [-0.39, 0.29) is 33.5 Å². The Hall–Kier alpha value is -2.63. The molecule has 0 saturated carbocycles. The molecule has 7 nitrogen and oxygen atoms in total. The highest BCUT2D eigenvalue weighted by Gasteiger charge is 2.25. The van der Waals surface area contributed by atoms with Crippen LogP contribution < -0.4 is 10.2 Å². The quantitative estimate of drug-likeness (QED) is 0.348. The van der Waals surface area contributed by atoms with Crippen molar-refractivity contribution in [2.45, 2.75) is 13.3 Å². The van der Waals surface area contributed by atoms with E-state index in [1.165, 1.54) is 18.5 Å². The van der Waals surface area contributed by atoms with Crippen molar-refractivity contribution in [1.82, 2.24) is 9.97 Å². The largest absolute Gasteiger partial charge is 0.490 e. The summed E-state index contributed by atoms with van der Waals surface area (Å²) in [7, 11) is -3.39. The molecule has 1 atom stereocenters. The number of rotatable bonds is 7. The van der Waals surface area contributed by atoms with Crippen LogP contribution in [0.5, 0.6) is 0 Å². The molecule has 0 saturated heterocycles. The Balaban J connectivity index is 2.06. The first-order valence-electron chi connectivity index (χ1n) is 8.34. The average Bonchev–Trinajstić information content (AvgIpc) is 3.07. The molecule has 0 radical (unpaired) electrons. The van der Waals surface area contributed by atoms with Gasteiger partial charge in [0, 0.05) is 34.6 Å². The number of nitrogens with zero attached hydrogens (tertiary/aromatic N) is 1. The number of carbonyl (C=O) groups is 1. The zero-order chi connectivity index (χ0) is 20.4. The maximum Gasteiger partial charge on any atom is 0.490 e. The van der Waals surface area contributed by atoms with E-state index in [1.807, 2.05) is 0 Å². The van der Waals surface area contributed by atoms with Crippen molar-refractivity contribution in [2.75, 3.05) is 10.5 Å². The number of H-pyrrole nitrogens is 1. The second-order valence-electron chi connectivity index (χ2n) is 6.01. The summed E-state index contributed by atoms with van der Waals surface area (Å²) in [6.45, 7) is 1.80. The molecule has 0 aliphatic heterocycles. The summed E-state index contributed by atoms with van der Waals surface area (Å²) >= 11 is 0. The first-order chi connectivity index (χ1) is 13.3. The van der Waals surface area contributed by atoms with Gasteiger partial charge in [0.15, 0.2) is 5.82 Å². The van der Waals surface area contributed by atoms with Crippen molar-refractivity contribution in [3.63, 3.8) is 0 Å². The number of aromatic nitrogens is 2. The van der Waals surface area contributed by atoms with Crippen molar-refractivity contribution in [2.24, 2.45) is 0 Å². The normalized spacial score (nSPS) is 12.2. The lowest BCUT2D eigenvalue weighted by Gasteiger charge is -2.10. The van der Waals surface area contributed by atoms with E-state index < -0.39 is 41.1 Å². The molecule has 4 N–H and O–H groups in total. The molecule has 0 amide bonds. The van der Waals surface area contributed by atoms with Gasteiger partial charge >= 0.3 is 7.12 Å². The Kier molecular flexibility index (Phi) is 5.87. The third-order valence-corrected chi connectivity index (χ3v) is 5.25. The zero-order valence-corrected chi connectivity index (χ0v) is 15.5. The van der Waals surface area contributed by atoms with Crippen LogP contribution >= 0.6 is 0 Å². The highest BCUT2D eigenvalue weighted by Crippen LogP contribution is 2.26. The van der Waals surface area contributed by atoms with Gasteiger partial charge in [-0.3, -0.25) is 4.79 Å². The van der Waals surface area contributed by atoms with Crippen LogP contribution in [-0.4, -0.2) is 42.9 Å². The minimum absolute atomic E-state index is 0.0208. The van der Waals surface area contributed by atoms with Crippen LogP contribution in [0, 0.1) is 11.6 Å². The van der Waals surface area contributed by atoms with E-state index in [1.54, 1.807) is 6.92 Å². The maximum atomic E-state index is 14.8. The predicted octanol–water partition coefficient (Wildman–Crippen LogP) is 1.24. The number of aromatic amines is 1. The number of carbonyl (C=O) groups excluding carboxylic acids is 1. The SMILES string of the molecule is CCCS(=O)Nc1ccc(F)c(C(=O)c2c[nH]c3ncc(B(O)O)cc23)c1F. The number of fused-ring (bicyclic) bond motifs is 1. The molecule has 1 aromatic carbocycles. The third kappa shape index (κ3) is 3.82. The van der Waals surface area contributed by atoms with Crippen molar-refractivity contribution in [3.8, 4) is 0 Å². The lowest BCUT2D eigenvalue weighted by Crippen LogP contribution is -2.30. The molecular weight excluding hydrogens is 391 g/mol. The molecule has 2 aromatic heterocycles. The molecular formula is C17H16BF2N3O4S. The van der Waals surface area contributed by atoms with E-state index in [4.69, 9.17) is 0 Å². The number of ketones is 1. The number of hydrogen-bond donors (Lipinski definition) is 4. The summed E-state index contributed by atoms with van der Waals surface area (Å²) in [5.74, 6) is -2.93. The summed E-state index contributed by atoms with van der Waals surface area (Å²) in [5.41, 5.74) is -0.885. The fourth-order valence-corrected chi connectivity index (χ4v) is 3.56. The first kappa shape index (κ1) is 20.1. The second kappa shape index (κ2) is 8.17. The molecule has 3 aromatic rings. The number of anilines is 1. The van der Waals surface area contributed by atoms with Gasteiger partial charge in [-0.2, -0.15) is 0 Å². The molecule has 0 spiro atoms. The molecule has 0 fully saturated rings. The number of halogens is 2. The highest BCUT2D eigenvalue weighted by molar-refractivity contribution is 7.86. The van der Waals surface area contributed by atoms with Crippen molar-refractivity contribution in [3.05, 3.63) is 53.4 Å². The molecule has 1 unspecified atom stereocenters. The van der Waals surface area contributed by atoms with E-state index in [2.05, 4.69) is 14.7 Å². The Morgan fingerprint density at radius 1 is 1.36 bits per heavy atom. The maximum absolute atomic E-state index is 14.8. The summed E-state index contributed by atoms with van der Waals surface area (Å²) in [6, 6.07) is 3.29. The predicted molar refractivity (Wildman–Crippen MR) is 103 cm³/mol. The third-order valence-electron chi connectivity index (χ3n) is 4.03. The van der Waals surface area contributed by atoms with Gasteiger partial charge in [-0.05, 0) is 24.6 Å². The number of benzene rings is 1. The molecule has 2 heterocycles. The van der Waals surface area contributed by atoms with E-state index in [9.17, 15) is 27.8 Å². The topological polar surface area (TPSA) is 115 Å². The van der Waals surface area contributed by atoms with Gasteiger partial charge < -0.3 is 19.8 Å². The van der Waals surface area contributed by atoms with E-state index in [0.717, 1.165) is 12.1 Å². The molecule has 0 bridgehead atoms. The molecule has 3 rings (SSSR count). The van der Waals surface area contributed by atoms with Gasteiger partial charge in [-0.1, -0.05) is 6.92 Å². The van der Waals surface area contributed by atoms with Crippen LogP contribution in [0.3, 0.4) is 0 Å². The average molecular weight is 407 g/mol. The van der Waals surface area contributed by atoms with E-state index >= 15 is 0 Å².